The third-order valence-corrected chi connectivity index (χ3v) is 3.97. The van der Waals surface area contributed by atoms with Crippen molar-refractivity contribution < 1.29 is 13.9 Å². The SMILES string of the molecule is C[C@@H]1CO[C@@H](C)CN1C(=O)c1ccc(Cn2ccccc2=O)o1. The molecule has 1 aliphatic rings. The summed E-state index contributed by atoms with van der Waals surface area (Å²) in [6.07, 6.45) is 1.71. The number of amides is 1. The Morgan fingerprint density at radius 2 is 2.09 bits per heavy atom. The van der Waals surface area contributed by atoms with Crippen LogP contribution in [0.15, 0.2) is 45.7 Å². The number of hydrogen-bond donors (Lipinski definition) is 0. The molecule has 0 radical (unpaired) electrons. The van der Waals surface area contributed by atoms with E-state index in [-0.39, 0.29) is 23.6 Å². The minimum absolute atomic E-state index is 0.0176. The first-order valence-corrected chi connectivity index (χ1v) is 7.71. The topological polar surface area (TPSA) is 64.7 Å². The van der Waals surface area contributed by atoms with Gasteiger partial charge in [0.05, 0.1) is 25.3 Å². The molecule has 1 fully saturated rings. The van der Waals surface area contributed by atoms with E-state index in [2.05, 4.69) is 0 Å². The van der Waals surface area contributed by atoms with E-state index in [0.29, 0.717) is 31.2 Å². The standard InChI is InChI=1S/C17H20N2O4/c1-12-11-22-13(2)9-19(12)17(21)15-7-6-14(23-15)10-18-8-4-3-5-16(18)20/h3-8,12-13H,9-11H2,1-2H3/t12-,13+/m1/s1. The molecule has 0 spiro atoms. The Morgan fingerprint density at radius 3 is 2.87 bits per heavy atom. The highest BCUT2D eigenvalue weighted by Gasteiger charge is 2.29. The van der Waals surface area contributed by atoms with Crippen molar-refractivity contribution in [1.29, 1.82) is 0 Å². The van der Waals surface area contributed by atoms with Crippen LogP contribution < -0.4 is 5.56 Å². The molecule has 0 N–H and O–H groups in total. The minimum atomic E-state index is -0.140. The van der Waals surface area contributed by atoms with Crippen LogP contribution in [0.5, 0.6) is 0 Å². The maximum Gasteiger partial charge on any atom is 0.289 e. The zero-order chi connectivity index (χ0) is 16.4. The van der Waals surface area contributed by atoms with E-state index >= 15 is 0 Å². The molecule has 2 atom stereocenters. The number of ether oxygens (including phenoxy) is 1. The van der Waals surface area contributed by atoms with Crippen molar-refractivity contribution in [3.05, 3.63) is 58.4 Å². The summed E-state index contributed by atoms with van der Waals surface area (Å²) >= 11 is 0. The fourth-order valence-corrected chi connectivity index (χ4v) is 2.66. The second-order valence-corrected chi connectivity index (χ2v) is 5.88. The number of aromatic nitrogens is 1. The zero-order valence-corrected chi connectivity index (χ0v) is 13.3. The minimum Gasteiger partial charge on any atom is -0.454 e. The Morgan fingerprint density at radius 1 is 1.26 bits per heavy atom. The lowest BCUT2D eigenvalue weighted by atomic mass is 10.2. The molecule has 0 bridgehead atoms. The van der Waals surface area contributed by atoms with E-state index in [1.54, 1.807) is 35.4 Å². The molecular formula is C17H20N2O4. The van der Waals surface area contributed by atoms with Crippen LogP contribution in [0.1, 0.15) is 30.2 Å². The summed E-state index contributed by atoms with van der Waals surface area (Å²) in [5, 5.41) is 0. The molecule has 0 saturated carbocycles. The number of carbonyl (C=O) groups is 1. The first-order chi connectivity index (χ1) is 11.0. The summed E-state index contributed by atoms with van der Waals surface area (Å²) < 4.78 is 12.7. The molecule has 1 saturated heterocycles. The largest absolute Gasteiger partial charge is 0.454 e. The van der Waals surface area contributed by atoms with E-state index in [4.69, 9.17) is 9.15 Å². The lowest BCUT2D eigenvalue weighted by Gasteiger charge is -2.36. The molecule has 1 aliphatic heterocycles. The third kappa shape index (κ3) is 3.37. The van der Waals surface area contributed by atoms with Crippen LogP contribution >= 0.6 is 0 Å². The number of carbonyl (C=O) groups excluding carboxylic acids is 1. The van der Waals surface area contributed by atoms with Crippen LogP contribution in [0.2, 0.25) is 0 Å². The van der Waals surface area contributed by atoms with E-state index in [1.165, 1.54) is 10.6 Å². The van der Waals surface area contributed by atoms with Crippen molar-refractivity contribution in [2.75, 3.05) is 13.2 Å². The molecule has 3 rings (SSSR count). The first kappa shape index (κ1) is 15.6. The van der Waals surface area contributed by atoms with Gasteiger partial charge in [-0.1, -0.05) is 6.07 Å². The summed E-state index contributed by atoms with van der Waals surface area (Å²) in [6, 6.07) is 8.39. The van der Waals surface area contributed by atoms with Crippen LogP contribution in [0.4, 0.5) is 0 Å². The van der Waals surface area contributed by atoms with Crippen molar-refractivity contribution in [1.82, 2.24) is 9.47 Å². The molecule has 2 aromatic rings. The second kappa shape index (κ2) is 6.42. The van der Waals surface area contributed by atoms with Gasteiger partial charge in [-0.25, -0.2) is 0 Å². The highest BCUT2D eigenvalue weighted by Crippen LogP contribution is 2.17. The van der Waals surface area contributed by atoms with Gasteiger partial charge in [0.25, 0.3) is 11.5 Å². The number of pyridine rings is 1. The highest BCUT2D eigenvalue weighted by molar-refractivity contribution is 5.91. The molecule has 6 heteroatoms. The number of morpholine rings is 1. The van der Waals surface area contributed by atoms with Crippen LogP contribution in [0.25, 0.3) is 0 Å². The average molecular weight is 316 g/mol. The van der Waals surface area contributed by atoms with Gasteiger partial charge in [-0.15, -0.1) is 0 Å². The van der Waals surface area contributed by atoms with Crippen LogP contribution in [0, 0.1) is 0 Å². The Labute approximate surface area is 134 Å². The van der Waals surface area contributed by atoms with Gasteiger partial charge >= 0.3 is 0 Å². The van der Waals surface area contributed by atoms with Gasteiger partial charge in [-0.3, -0.25) is 9.59 Å². The van der Waals surface area contributed by atoms with Gasteiger partial charge in [0.2, 0.25) is 0 Å². The monoisotopic (exact) mass is 316 g/mol. The molecule has 0 aromatic carbocycles. The predicted molar refractivity (Wildman–Crippen MR) is 84.4 cm³/mol. The number of rotatable bonds is 3. The fourth-order valence-electron chi connectivity index (χ4n) is 2.66. The Balaban J connectivity index is 1.75. The smallest absolute Gasteiger partial charge is 0.289 e. The maximum absolute atomic E-state index is 12.6. The molecule has 23 heavy (non-hydrogen) atoms. The molecule has 0 unspecified atom stereocenters. The van der Waals surface area contributed by atoms with Gasteiger partial charge < -0.3 is 18.6 Å². The van der Waals surface area contributed by atoms with E-state index < -0.39 is 0 Å². The normalized spacial score (nSPS) is 21.4. The zero-order valence-electron chi connectivity index (χ0n) is 13.3. The van der Waals surface area contributed by atoms with E-state index in [0.717, 1.165) is 0 Å². The van der Waals surface area contributed by atoms with Crippen molar-refractivity contribution >= 4 is 5.91 Å². The number of nitrogens with zero attached hydrogens (tertiary/aromatic N) is 2. The second-order valence-electron chi connectivity index (χ2n) is 5.88. The molecule has 0 aliphatic carbocycles. The van der Waals surface area contributed by atoms with Crippen molar-refractivity contribution in [2.45, 2.75) is 32.5 Å². The van der Waals surface area contributed by atoms with Gasteiger partial charge in [-0.05, 0) is 32.0 Å². The first-order valence-electron chi connectivity index (χ1n) is 7.71. The molecule has 122 valence electrons. The maximum atomic E-state index is 12.6. The predicted octanol–water partition coefficient (Wildman–Crippen LogP) is 1.74. The Kier molecular flexibility index (Phi) is 4.34. The van der Waals surface area contributed by atoms with Gasteiger partial charge in [0, 0.05) is 18.8 Å². The Bertz CT molecular complexity index is 749. The van der Waals surface area contributed by atoms with E-state index in [9.17, 15) is 9.59 Å². The van der Waals surface area contributed by atoms with Gasteiger partial charge in [-0.2, -0.15) is 0 Å². The van der Waals surface area contributed by atoms with Crippen LogP contribution in [-0.4, -0.2) is 40.7 Å². The molecular weight excluding hydrogens is 296 g/mol. The lowest BCUT2D eigenvalue weighted by Crippen LogP contribution is -2.50. The number of hydrogen-bond acceptors (Lipinski definition) is 4. The average Bonchev–Trinajstić information content (AvgIpc) is 3.00. The fraction of sp³-hybridized carbons (Fsp3) is 0.412. The molecule has 3 heterocycles. The van der Waals surface area contributed by atoms with Crippen molar-refractivity contribution in [2.24, 2.45) is 0 Å². The summed E-state index contributed by atoms with van der Waals surface area (Å²) in [5.74, 6) is 0.736. The molecule has 2 aromatic heterocycles. The van der Waals surface area contributed by atoms with E-state index in [1.807, 2.05) is 13.8 Å². The summed E-state index contributed by atoms with van der Waals surface area (Å²) in [5.41, 5.74) is -0.104. The van der Waals surface area contributed by atoms with Crippen molar-refractivity contribution in [3.8, 4) is 0 Å². The van der Waals surface area contributed by atoms with Crippen LogP contribution in [0.3, 0.4) is 0 Å². The summed E-state index contributed by atoms with van der Waals surface area (Å²) in [6.45, 7) is 5.29. The number of furan rings is 1. The lowest BCUT2D eigenvalue weighted by molar-refractivity contribution is -0.0396. The van der Waals surface area contributed by atoms with Crippen LogP contribution in [-0.2, 0) is 11.3 Å². The quantitative estimate of drug-likeness (QED) is 0.865. The van der Waals surface area contributed by atoms with Crippen molar-refractivity contribution in [3.63, 3.8) is 0 Å². The highest BCUT2D eigenvalue weighted by atomic mass is 16.5. The molecule has 1 amide bonds. The summed E-state index contributed by atoms with van der Waals surface area (Å²) in [7, 11) is 0. The molecule has 6 nitrogen and oxygen atoms in total. The Hall–Kier alpha value is -2.34. The van der Waals surface area contributed by atoms with Gasteiger partial charge in [0.1, 0.15) is 5.76 Å². The summed E-state index contributed by atoms with van der Waals surface area (Å²) in [4.78, 5) is 26.1. The third-order valence-electron chi connectivity index (χ3n) is 3.97. The van der Waals surface area contributed by atoms with Gasteiger partial charge in [0.15, 0.2) is 5.76 Å².